The fraction of sp³-hybridized carbons (Fsp3) is 0.375. The summed E-state index contributed by atoms with van der Waals surface area (Å²) >= 11 is 3.23. The number of rotatable bonds is 3. The molecule has 0 radical (unpaired) electrons. The molecule has 1 amide bonds. The molecular formula is C16H18N2OS2. The molecule has 0 bridgehead atoms. The summed E-state index contributed by atoms with van der Waals surface area (Å²) in [6.45, 7) is 2.28. The molecule has 1 unspecified atom stereocenters. The maximum Gasteiger partial charge on any atom is 0.265 e. The number of nitrogens with one attached hydrogen (secondary N) is 1. The van der Waals surface area contributed by atoms with Gasteiger partial charge in [0.25, 0.3) is 5.91 Å². The molecule has 110 valence electrons. The zero-order valence-corrected chi connectivity index (χ0v) is 13.8. The number of fused-ring (bicyclic) bond motifs is 1. The summed E-state index contributed by atoms with van der Waals surface area (Å²) in [7, 11) is 0. The normalized spacial score (nSPS) is 17.3. The molecule has 1 atom stereocenters. The van der Waals surface area contributed by atoms with Crippen LogP contribution in [0.5, 0.6) is 0 Å². The van der Waals surface area contributed by atoms with Crippen LogP contribution in [0.3, 0.4) is 0 Å². The summed E-state index contributed by atoms with van der Waals surface area (Å²) in [5.41, 5.74) is 2.11. The van der Waals surface area contributed by atoms with E-state index in [-0.39, 0.29) is 5.91 Å². The quantitative estimate of drug-likeness (QED) is 0.861. The number of aryl methyl sites for hydroxylation is 1. The number of hydrogen-bond acceptors (Lipinski definition) is 4. The first kappa shape index (κ1) is 14.6. The highest BCUT2D eigenvalue weighted by Gasteiger charge is 2.20. The SMILES string of the molecule is CSc1ccc(NC(=O)c2cc3c(s2)CCC(C)C3)cn1. The molecule has 5 heteroatoms. The molecule has 0 saturated carbocycles. The topological polar surface area (TPSA) is 42.0 Å². The number of carbonyl (C=O) groups excluding carboxylic acids is 1. The predicted molar refractivity (Wildman–Crippen MR) is 89.5 cm³/mol. The van der Waals surface area contributed by atoms with Crippen molar-refractivity contribution >= 4 is 34.7 Å². The van der Waals surface area contributed by atoms with Crippen LogP contribution >= 0.6 is 23.1 Å². The lowest BCUT2D eigenvalue weighted by atomic mass is 9.90. The molecule has 0 aliphatic heterocycles. The van der Waals surface area contributed by atoms with Crippen LogP contribution in [0, 0.1) is 5.92 Å². The van der Waals surface area contributed by atoms with Gasteiger partial charge in [-0.15, -0.1) is 23.1 Å². The summed E-state index contributed by atoms with van der Waals surface area (Å²) in [6, 6.07) is 5.88. The number of thiophene rings is 1. The highest BCUT2D eigenvalue weighted by molar-refractivity contribution is 7.98. The van der Waals surface area contributed by atoms with Crippen LogP contribution < -0.4 is 5.32 Å². The number of hydrogen-bond donors (Lipinski definition) is 1. The Hall–Kier alpha value is -1.33. The lowest BCUT2D eigenvalue weighted by Gasteiger charge is -2.16. The number of amides is 1. The number of carbonyl (C=O) groups is 1. The van der Waals surface area contributed by atoms with Crippen molar-refractivity contribution < 1.29 is 4.79 Å². The maximum atomic E-state index is 12.3. The van der Waals surface area contributed by atoms with Gasteiger partial charge in [0.05, 0.1) is 21.8 Å². The fourth-order valence-corrected chi connectivity index (χ4v) is 4.05. The van der Waals surface area contributed by atoms with Crippen molar-refractivity contribution in [2.45, 2.75) is 31.2 Å². The van der Waals surface area contributed by atoms with E-state index in [1.165, 1.54) is 16.9 Å². The Balaban J connectivity index is 1.73. The Bertz CT molecular complexity index is 649. The zero-order valence-electron chi connectivity index (χ0n) is 12.2. The average molecular weight is 318 g/mol. The van der Waals surface area contributed by atoms with Crippen LogP contribution in [-0.2, 0) is 12.8 Å². The van der Waals surface area contributed by atoms with Gasteiger partial charge in [-0.1, -0.05) is 6.92 Å². The molecule has 2 aromatic heterocycles. The molecule has 2 aromatic rings. The summed E-state index contributed by atoms with van der Waals surface area (Å²) in [5.74, 6) is 0.701. The molecule has 0 spiro atoms. The Labute approximate surface area is 133 Å². The second-order valence-corrected chi connectivity index (χ2v) is 7.41. The van der Waals surface area contributed by atoms with Gasteiger partial charge in [-0.2, -0.15) is 0 Å². The summed E-state index contributed by atoms with van der Waals surface area (Å²) in [6.07, 6.45) is 7.13. The van der Waals surface area contributed by atoms with Gasteiger partial charge in [-0.25, -0.2) is 4.98 Å². The first-order valence-corrected chi connectivity index (χ1v) is 9.13. The van der Waals surface area contributed by atoms with Gasteiger partial charge in [0.15, 0.2) is 0 Å². The highest BCUT2D eigenvalue weighted by atomic mass is 32.2. The Morgan fingerprint density at radius 3 is 3.05 bits per heavy atom. The van der Waals surface area contributed by atoms with Gasteiger partial charge in [0.2, 0.25) is 0 Å². The number of nitrogens with zero attached hydrogens (tertiary/aromatic N) is 1. The molecule has 1 N–H and O–H groups in total. The van der Waals surface area contributed by atoms with Gasteiger partial charge in [-0.05, 0) is 55.2 Å². The molecule has 0 saturated heterocycles. The molecular weight excluding hydrogens is 300 g/mol. The molecule has 0 aromatic carbocycles. The van der Waals surface area contributed by atoms with Gasteiger partial charge in [0, 0.05) is 4.88 Å². The van der Waals surface area contributed by atoms with Crippen molar-refractivity contribution in [1.29, 1.82) is 0 Å². The highest BCUT2D eigenvalue weighted by Crippen LogP contribution is 2.32. The molecule has 1 aliphatic rings. The smallest absolute Gasteiger partial charge is 0.265 e. The first-order chi connectivity index (χ1) is 10.2. The van der Waals surface area contributed by atoms with E-state index in [1.807, 2.05) is 18.4 Å². The van der Waals surface area contributed by atoms with E-state index in [2.05, 4.69) is 23.3 Å². The van der Waals surface area contributed by atoms with Crippen molar-refractivity contribution in [3.05, 3.63) is 39.7 Å². The number of thioether (sulfide) groups is 1. The first-order valence-electron chi connectivity index (χ1n) is 7.08. The van der Waals surface area contributed by atoms with Gasteiger partial charge in [0.1, 0.15) is 0 Å². The van der Waals surface area contributed by atoms with Gasteiger partial charge in [-0.3, -0.25) is 4.79 Å². The minimum absolute atomic E-state index is 0.0271. The van der Waals surface area contributed by atoms with Gasteiger partial charge >= 0.3 is 0 Å². The van der Waals surface area contributed by atoms with E-state index in [9.17, 15) is 4.79 Å². The predicted octanol–water partition coefficient (Wildman–Crippen LogP) is 4.24. The van der Waals surface area contributed by atoms with E-state index in [0.717, 1.165) is 34.4 Å². The summed E-state index contributed by atoms with van der Waals surface area (Å²) < 4.78 is 0. The van der Waals surface area contributed by atoms with Crippen LogP contribution in [0.15, 0.2) is 29.4 Å². The van der Waals surface area contributed by atoms with E-state index < -0.39 is 0 Å². The number of aromatic nitrogens is 1. The Morgan fingerprint density at radius 1 is 1.48 bits per heavy atom. The van der Waals surface area contributed by atoms with Crippen molar-refractivity contribution in [3.8, 4) is 0 Å². The fourth-order valence-electron chi connectivity index (χ4n) is 2.59. The minimum atomic E-state index is -0.0271. The monoisotopic (exact) mass is 318 g/mol. The third-order valence-electron chi connectivity index (χ3n) is 3.76. The van der Waals surface area contributed by atoms with Crippen molar-refractivity contribution in [3.63, 3.8) is 0 Å². The molecule has 0 fully saturated rings. The van der Waals surface area contributed by atoms with E-state index in [0.29, 0.717) is 0 Å². The molecule has 3 nitrogen and oxygen atoms in total. The standard InChI is InChI=1S/C16H18N2OS2/c1-10-3-5-13-11(7-10)8-14(21-13)16(19)18-12-4-6-15(20-2)17-9-12/h4,6,8-10H,3,5,7H2,1-2H3,(H,18,19). The second kappa shape index (κ2) is 6.20. The van der Waals surface area contributed by atoms with Crippen LogP contribution in [0.2, 0.25) is 0 Å². The maximum absolute atomic E-state index is 12.3. The minimum Gasteiger partial charge on any atom is -0.320 e. The summed E-state index contributed by atoms with van der Waals surface area (Å²) in [4.78, 5) is 18.8. The number of anilines is 1. The van der Waals surface area contributed by atoms with Crippen LogP contribution in [0.25, 0.3) is 0 Å². The largest absolute Gasteiger partial charge is 0.320 e. The van der Waals surface area contributed by atoms with Crippen molar-refractivity contribution in [2.75, 3.05) is 11.6 Å². The van der Waals surface area contributed by atoms with Crippen molar-refractivity contribution in [2.24, 2.45) is 5.92 Å². The molecule has 21 heavy (non-hydrogen) atoms. The lowest BCUT2D eigenvalue weighted by molar-refractivity contribution is 0.103. The van der Waals surface area contributed by atoms with Crippen LogP contribution in [0.4, 0.5) is 5.69 Å². The van der Waals surface area contributed by atoms with E-state index in [4.69, 9.17) is 0 Å². The van der Waals surface area contributed by atoms with Gasteiger partial charge < -0.3 is 5.32 Å². The third-order valence-corrected chi connectivity index (χ3v) is 5.65. The van der Waals surface area contributed by atoms with Crippen LogP contribution in [-0.4, -0.2) is 17.1 Å². The Kier molecular flexibility index (Phi) is 4.31. The lowest BCUT2D eigenvalue weighted by Crippen LogP contribution is -2.10. The van der Waals surface area contributed by atoms with Crippen LogP contribution in [0.1, 0.15) is 33.5 Å². The van der Waals surface area contributed by atoms with E-state index in [1.54, 1.807) is 29.3 Å². The Morgan fingerprint density at radius 2 is 2.33 bits per heavy atom. The zero-order chi connectivity index (χ0) is 14.8. The number of pyridine rings is 1. The molecule has 3 rings (SSSR count). The van der Waals surface area contributed by atoms with E-state index >= 15 is 0 Å². The third kappa shape index (κ3) is 3.30. The molecule has 1 aliphatic carbocycles. The summed E-state index contributed by atoms with van der Waals surface area (Å²) in [5, 5.41) is 3.88. The second-order valence-electron chi connectivity index (χ2n) is 5.45. The average Bonchev–Trinajstić information content (AvgIpc) is 2.91. The molecule has 2 heterocycles. The van der Waals surface area contributed by atoms with Crippen molar-refractivity contribution in [1.82, 2.24) is 4.98 Å².